The Kier molecular flexibility index (Phi) is 12.6. The third-order valence-electron chi connectivity index (χ3n) is 2.26. The van der Waals surface area contributed by atoms with Crippen LogP contribution < -0.4 is 0 Å². The minimum atomic E-state index is -2.08. The fourth-order valence-corrected chi connectivity index (χ4v) is 1.60. The Labute approximate surface area is 152 Å². The number of hydrogen-bond acceptors (Lipinski definition) is 6. The molecule has 0 rings (SSSR count). The molecule has 0 fully saturated rings. The number of rotatable bonds is 10. The van der Waals surface area contributed by atoms with Crippen molar-refractivity contribution in [3.05, 3.63) is 0 Å². The predicted molar refractivity (Wildman–Crippen MR) is 77.9 cm³/mol. The summed E-state index contributed by atoms with van der Waals surface area (Å²) < 4.78 is 21.3. The van der Waals surface area contributed by atoms with Crippen LogP contribution in [0, 0.1) is 0 Å². The molecule has 0 saturated carbocycles. The first-order chi connectivity index (χ1) is 9.65. The van der Waals surface area contributed by atoms with E-state index in [1.54, 1.807) is 48.5 Å². The van der Waals surface area contributed by atoms with E-state index in [9.17, 15) is 9.59 Å². The van der Waals surface area contributed by atoms with E-state index in [1.807, 2.05) is 0 Å². The molecule has 0 aliphatic carbocycles. The van der Waals surface area contributed by atoms with E-state index in [0.717, 1.165) is 0 Å². The quantitative estimate of drug-likeness (QED) is 0.320. The van der Waals surface area contributed by atoms with Crippen molar-refractivity contribution in [3.8, 4) is 0 Å². The Morgan fingerprint density at radius 3 is 1.68 bits per heavy atom. The summed E-state index contributed by atoms with van der Waals surface area (Å²) in [6.45, 7) is 12.0. The summed E-state index contributed by atoms with van der Waals surface area (Å²) >= 11 is 0. The Morgan fingerprint density at radius 2 is 1.36 bits per heavy atom. The standard InChI is InChI=1S/C15H28O6.Zr/c1-8-18-14(17)15(20-11(4)5,21-12(6)7)13(16)9-19-10(2)3;/h10-12H,8-9H2,1-7H3;. The Balaban J connectivity index is 0. The van der Waals surface area contributed by atoms with Gasteiger partial charge in [-0.05, 0) is 48.5 Å². The van der Waals surface area contributed by atoms with Gasteiger partial charge in [0.25, 0.3) is 0 Å². The van der Waals surface area contributed by atoms with E-state index >= 15 is 0 Å². The average Bonchev–Trinajstić information content (AvgIpc) is 2.33. The van der Waals surface area contributed by atoms with Gasteiger partial charge in [0.05, 0.1) is 24.9 Å². The molecule has 7 heteroatoms. The van der Waals surface area contributed by atoms with Crippen molar-refractivity contribution in [1.82, 2.24) is 0 Å². The first kappa shape index (κ1) is 24.2. The van der Waals surface area contributed by atoms with Gasteiger partial charge in [-0.3, -0.25) is 4.79 Å². The third-order valence-corrected chi connectivity index (χ3v) is 2.26. The first-order valence-corrected chi connectivity index (χ1v) is 7.33. The van der Waals surface area contributed by atoms with Crippen LogP contribution in [0.3, 0.4) is 0 Å². The van der Waals surface area contributed by atoms with E-state index < -0.39 is 29.7 Å². The largest absolute Gasteiger partial charge is 0.462 e. The molecule has 0 bridgehead atoms. The summed E-state index contributed by atoms with van der Waals surface area (Å²) in [5.74, 6) is -3.52. The first-order valence-electron chi connectivity index (χ1n) is 7.33. The maximum Gasteiger partial charge on any atom is 0.375 e. The average molecular weight is 396 g/mol. The summed E-state index contributed by atoms with van der Waals surface area (Å²) in [7, 11) is 0. The van der Waals surface area contributed by atoms with Gasteiger partial charge in [0.15, 0.2) is 0 Å². The monoisotopic (exact) mass is 394 g/mol. The second kappa shape index (κ2) is 11.4. The van der Waals surface area contributed by atoms with Crippen molar-refractivity contribution >= 4 is 11.8 Å². The van der Waals surface area contributed by atoms with Gasteiger partial charge < -0.3 is 18.9 Å². The summed E-state index contributed by atoms with van der Waals surface area (Å²) in [5.41, 5.74) is 0. The number of Topliss-reactive ketones (excluding diaryl/α,β-unsaturated/α-hetero) is 1. The van der Waals surface area contributed by atoms with Crippen LogP contribution in [0.15, 0.2) is 0 Å². The summed E-state index contributed by atoms with van der Waals surface area (Å²) in [6.07, 6.45) is -0.931. The van der Waals surface area contributed by atoms with Gasteiger partial charge in [-0.1, -0.05) is 0 Å². The van der Waals surface area contributed by atoms with E-state index in [0.29, 0.717) is 0 Å². The molecule has 128 valence electrons. The summed E-state index contributed by atoms with van der Waals surface area (Å²) in [5, 5.41) is 0. The number of ketones is 1. The van der Waals surface area contributed by atoms with Gasteiger partial charge in [0, 0.05) is 26.2 Å². The van der Waals surface area contributed by atoms with Gasteiger partial charge >= 0.3 is 11.8 Å². The molecule has 0 aliphatic heterocycles. The van der Waals surface area contributed by atoms with Gasteiger partial charge in [-0.25, -0.2) is 4.79 Å². The van der Waals surface area contributed by atoms with Crippen LogP contribution in [0.1, 0.15) is 48.5 Å². The van der Waals surface area contributed by atoms with Gasteiger partial charge in [0.1, 0.15) is 6.61 Å². The van der Waals surface area contributed by atoms with Crippen molar-refractivity contribution in [2.45, 2.75) is 72.6 Å². The minimum Gasteiger partial charge on any atom is -0.462 e. The molecule has 0 radical (unpaired) electrons. The molecule has 0 spiro atoms. The smallest absolute Gasteiger partial charge is 0.375 e. The van der Waals surface area contributed by atoms with Gasteiger partial charge in [-0.2, -0.15) is 0 Å². The summed E-state index contributed by atoms with van der Waals surface area (Å²) in [4.78, 5) is 24.8. The van der Waals surface area contributed by atoms with Crippen molar-refractivity contribution < 1.29 is 54.7 Å². The predicted octanol–water partition coefficient (Wildman–Crippen LogP) is 2.09. The van der Waals surface area contributed by atoms with Crippen LogP contribution in [0.4, 0.5) is 0 Å². The molecule has 22 heavy (non-hydrogen) atoms. The fraction of sp³-hybridized carbons (Fsp3) is 0.867. The Morgan fingerprint density at radius 1 is 0.909 bits per heavy atom. The topological polar surface area (TPSA) is 71.1 Å². The van der Waals surface area contributed by atoms with Crippen molar-refractivity contribution in [1.29, 1.82) is 0 Å². The molecular weight excluding hydrogens is 367 g/mol. The van der Waals surface area contributed by atoms with E-state index in [2.05, 4.69) is 0 Å². The molecule has 0 aromatic carbocycles. The summed E-state index contributed by atoms with van der Waals surface area (Å²) in [6, 6.07) is 0. The Bertz CT molecular complexity index is 331. The van der Waals surface area contributed by atoms with Crippen LogP contribution in [0.2, 0.25) is 0 Å². The van der Waals surface area contributed by atoms with Crippen molar-refractivity contribution in [2.24, 2.45) is 0 Å². The second-order valence-electron chi connectivity index (χ2n) is 5.45. The van der Waals surface area contributed by atoms with Crippen LogP contribution in [0.25, 0.3) is 0 Å². The molecule has 0 N–H and O–H groups in total. The van der Waals surface area contributed by atoms with Crippen LogP contribution in [-0.4, -0.2) is 49.1 Å². The van der Waals surface area contributed by atoms with Crippen molar-refractivity contribution in [2.75, 3.05) is 13.2 Å². The van der Waals surface area contributed by atoms with Crippen LogP contribution in [0.5, 0.6) is 0 Å². The molecule has 0 aromatic heterocycles. The van der Waals surface area contributed by atoms with E-state index in [4.69, 9.17) is 18.9 Å². The Hall–Kier alpha value is -0.0969. The second-order valence-corrected chi connectivity index (χ2v) is 5.45. The van der Waals surface area contributed by atoms with Crippen molar-refractivity contribution in [3.63, 3.8) is 0 Å². The number of ether oxygens (including phenoxy) is 4. The molecule has 0 heterocycles. The molecule has 0 unspecified atom stereocenters. The van der Waals surface area contributed by atoms with Gasteiger partial charge in [-0.15, -0.1) is 0 Å². The van der Waals surface area contributed by atoms with Gasteiger partial charge in [0.2, 0.25) is 5.78 Å². The zero-order chi connectivity index (χ0) is 16.6. The fourth-order valence-electron chi connectivity index (χ4n) is 1.60. The maximum absolute atomic E-state index is 12.5. The number of carbonyl (C=O) groups excluding carboxylic acids is 2. The normalized spacial score (nSPS) is 11.7. The molecule has 0 amide bonds. The third kappa shape index (κ3) is 7.95. The molecule has 0 aliphatic rings. The molecule has 0 atom stereocenters. The van der Waals surface area contributed by atoms with Crippen LogP contribution >= 0.6 is 0 Å². The van der Waals surface area contributed by atoms with Crippen LogP contribution in [-0.2, 0) is 54.7 Å². The number of carbonyl (C=O) groups is 2. The zero-order valence-corrected chi connectivity index (χ0v) is 17.1. The molecule has 0 saturated heterocycles. The number of hydrogen-bond donors (Lipinski definition) is 0. The molecular formula is C15H28O6Zr. The minimum absolute atomic E-state index is 0. The zero-order valence-electron chi connectivity index (χ0n) is 14.6. The maximum atomic E-state index is 12.5. The number of esters is 1. The SMILES string of the molecule is CCOC(=O)C(OC(C)C)(OC(C)C)C(=O)COC(C)C.[Zr]. The van der Waals surface area contributed by atoms with E-state index in [-0.39, 0.29) is 45.5 Å². The molecule has 0 aromatic rings. The van der Waals surface area contributed by atoms with E-state index in [1.165, 1.54) is 0 Å². The molecule has 6 nitrogen and oxygen atoms in total.